The van der Waals surface area contributed by atoms with Gasteiger partial charge in [0.2, 0.25) is 0 Å². The van der Waals surface area contributed by atoms with Crippen molar-refractivity contribution in [3.63, 3.8) is 0 Å². The van der Waals surface area contributed by atoms with Gasteiger partial charge in [-0.1, -0.05) is 188 Å². The Kier molecular flexibility index (Phi) is 30.2. The van der Waals surface area contributed by atoms with Crippen LogP contribution in [0.5, 0.6) is 11.5 Å². The van der Waals surface area contributed by atoms with E-state index < -0.39 is 36.1 Å². The normalized spacial score (nSPS) is 10.6. The van der Waals surface area contributed by atoms with Crippen LogP contribution in [0.4, 0.5) is 0 Å². The van der Waals surface area contributed by atoms with Crippen molar-refractivity contribution in [3.05, 3.63) is 230 Å². The molecule has 0 aliphatic carbocycles. The zero-order valence-electron chi connectivity index (χ0n) is 42.4. The van der Waals surface area contributed by atoms with Crippen molar-refractivity contribution in [1.29, 1.82) is 0 Å². The van der Waals surface area contributed by atoms with Gasteiger partial charge in [0, 0.05) is 0 Å². The molecule has 0 amide bonds. The fraction of sp³-hybridized carbons (Fsp3) is 0.125. The maximum atomic E-state index is 12.3. The first-order valence-electron chi connectivity index (χ1n) is 22.3. The maximum Gasteiger partial charge on any atom is 1.00 e. The first kappa shape index (κ1) is 64.0. The Morgan fingerprint density at radius 3 is 1.08 bits per heavy atom. The summed E-state index contributed by atoms with van der Waals surface area (Å²) in [5.41, 5.74) is 2.02. The summed E-state index contributed by atoms with van der Waals surface area (Å²) in [4.78, 5) is 11.6. The molecule has 1 N–H and O–H groups in total. The Balaban J connectivity index is 0.000000390. The van der Waals surface area contributed by atoms with Crippen molar-refractivity contribution in [2.75, 3.05) is 19.8 Å². The molecule has 8 aromatic rings. The fourth-order valence-corrected chi connectivity index (χ4v) is 13.0. The zero-order chi connectivity index (χ0) is 50.9. The molecule has 8 aromatic carbocycles. The number of carbonyl (C=O) groups excluding carboxylic acids is 1. The van der Waals surface area contributed by atoms with Crippen LogP contribution >= 0.6 is 15.8 Å². The number of hydrogen-bond acceptors (Lipinski definition) is 11. The van der Waals surface area contributed by atoms with Crippen molar-refractivity contribution in [2.45, 2.75) is 37.0 Å². The first-order valence-corrected chi connectivity index (χ1v) is 27.8. The molecule has 0 unspecified atom stereocenters. The van der Waals surface area contributed by atoms with E-state index in [1.54, 1.807) is 60.7 Å². The van der Waals surface area contributed by atoms with Crippen LogP contribution in [0.1, 0.15) is 25.9 Å². The Labute approximate surface area is 519 Å². The minimum absolute atomic E-state index is 0. The number of aromatic hydroxyl groups is 1. The van der Waals surface area contributed by atoms with E-state index in [1.165, 1.54) is 31.8 Å². The Morgan fingerprint density at radius 1 is 0.466 bits per heavy atom. The smallest absolute Gasteiger partial charge is 1.00 e. The largest absolute Gasteiger partial charge is 1.00 e. The molecule has 17 heteroatoms. The molecule has 0 heterocycles. The molecule has 8 rings (SSSR count). The molecule has 0 aliphatic rings. The van der Waals surface area contributed by atoms with Gasteiger partial charge in [-0.2, -0.15) is 16.8 Å². The van der Waals surface area contributed by atoms with Crippen molar-refractivity contribution in [1.82, 2.24) is 0 Å². The number of phenols is 1. The Bertz CT molecular complexity index is 2930. The second-order valence-electron chi connectivity index (χ2n) is 15.2. The van der Waals surface area contributed by atoms with Crippen molar-refractivity contribution in [2.24, 2.45) is 0 Å². The van der Waals surface area contributed by atoms with E-state index >= 15 is 0 Å². The van der Waals surface area contributed by atoms with Gasteiger partial charge in [-0.3, -0.25) is 13.2 Å². The molecule has 73 heavy (non-hydrogen) atoms. The van der Waals surface area contributed by atoms with E-state index in [1.807, 2.05) is 69.3 Å². The molecule has 0 aliphatic heterocycles. The molecule has 0 saturated heterocycles. The van der Waals surface area contributed by atoms with E-state index in [0.717, 1.165) is 11.1 Å². The van der Waals surface area contributed by atoms with Crippen LogP contribution in [-0.2, 0) is 38.3 Å². The Hall–Kier alpha value is -3.26. The monoisotopic (exact) mass is 1110 g/mol. The van der Waals surface area contributed by atoms with Gasteiger partial charge in [0.05, 0.1) is 16.4 Å². The van der Waals surface area contributed by atoms with Crippen LogP contribution in [0, 0.1) is 13.8 Å². The van der Waals surface area contributed by atoms with Gasteiger partial charge in [-0.25, -0.2) is 0 Å². The van der Waals surface area contributed by atoms with Gasteiger partial charge in [-0.05, 0) is 116 Å². The van der Waals surface area contributed by atoms with E-state index in [-0.39, 0.29) is 140 Å². The molecule has 370 valence electrons. The quantitative estimate of drug-likeness (QED) is 0.0271. The molecular weight excluding hydrogens is 1050 g/mol. The average molecular weight is 1110 g/mol. The van der Waals surface area contributed by atoms with Gasteiger partial charge in [-0.15, -0.1) is 0 Å². The van der Waals surface area contributed by atoms with Crippen LogP contribution in [0.15, 0.2) is 228 Å². The summed E-state index contributed by atoms with van der Waals surface area (Å²) in [5, 5.41) is 25.6. The van der Waals surface area contributed by atoms with Crippen LogP contribution in [0.3, 0.4) is 0 Å². The third-order valence-corrected chi connectivity index (χ3v) is 17.5. The molecule has 0 aromatic heterocycles. The zero-order valence-corrected chi connectivity index (χ0v) is 51.1. The Morgan fingerprint density at radius 2 is 0.767 bits per heavy atom. The van der Waals surface area contributed by atoms with E-state index in [9.17, 15) is 21.9 Å². The fourth-order valence-electron chi connectivity index (χ4n) is 6.54. The summed E-state index contributed by atoms with van der Waals surface area (Å²) < 4.78 is 63.1. The van der Waals surface area contributed by atoms with Crippen LogP contribution in [0.25, 0.3) is 0 Å². The topological polar surface area (TPSA) is 166 Å². The minimum atomic E-state index is -3.79. The summed E-state index contributed by atoms with van der Waals surface area (Å²) in [7, 11) is -8.57. The maximum absolute atomic E-state index is 12.3. The van der Waals surface area contributed by atoms with Crippen molar-refractivity contribution < 1.29 is 154 Å². The molecule has 0 atom stereocenters. The summed E-state index contributed by atoms with van der Waals surface area (Å²) in [6, 6.07) is 70.8. The summed E-state index contributed by atoms with van der Waals surface area (Å²) in [6.45, 7) is 5.80. The average Bonchev–Trinajstić information content (AvgIpc) is 3.40. The number of hydrogen-bond donors (Lipinski definition) is 1. The standard InChI is InChI=1S/C27H25O4PS.C18H15OP.C10H14O3S.CH2O3.2K.H/c1-22-12-18-27(19-13-22)33(28,29)31-21-20-30-23-14-16-26(17-15-23)32(24-8-4-2-5-9-24)25-10-6-3-7-11-25;19-15-11-13-18(14-12-15)20(16-7-3-1-4-8-16)17-9-5-2-6-10-17;1-3-8-13-14(11,12)10-6-4-9(2)5-7-10;2-1-4-3;;;/h2-19H,20-21H2,1H3;1-14,19H;4-7H,3,8H2,1-2H3;1,3H;;;/q;;;;2*+1;-1/p-1. The molecule has 0 bridgehead atoms. The van der Waals surface area contributed by atoms with E-state index in [4.69, 9.17) is 23.2 Å². The van der Waals surface area contributed by atoms with E-state index in [2.05, 4.69) is 114 Å². The summed E-state index contributed by atoms with van der Waals surface area (Å²) >= 11 is 0. The number of ether oxygens (including phenoxy) is 1. The number of phenolic OH excluding ortho intramolecular Hbond substituents is 1. The first-order chi connectivity index (χ1) is 34.3. The molecule has 0 saturated carbocycles. The van der Waals surface area contributed by atoms with E-state index in [0.29, 0.717) is 17.9 Å². The van der Waals surface area contributed by atoms with Crippen LogP contribution in [0.2, 0.25) is 0 Å². The SMILES string of the molecule is CCCOS(=O)(=O)c1ccc(C)cc1.Cc1ccc(S(=O)(=O)OCCOc2ccc(P(c3ccccc3)c3ccccc3)cc2)cc1.O=CO[O-].Oc1ccc(P(c2ccccc2)c2ccccc2)cc1.[H-].[K+].[K+]. The van der Waals surface area contributed by atoms with Crippen molar-refractivity contribution >= 4 is 74.4 Å². The molecule has 0 radical (unpaired) electrons. The van der Waals surface area contributed by atoms with Gasteiger partial charge >= 0.3 is 103 Å². The van der Waals surface area contributed by atoms with Gasteiger partial charge in [0.1, 0.15) is 24.7 Å². The van der Waals surface area contributed by atoms with Crippen LogP contribution < -0.4 is 145 Å². The predicted molar refractivity (Wildman–Crippen MR) is 285 cm³/mol. The summed E-state index contributed by atoms with van der Waals surface area (Å²) in [5.74, 6) is 0.982. The van der Waals surface area contributed by atoms with Gasteiger partial charge in [0.25, 0.3) is 26.7 Å². The summed E-state index contributed by atoms with van der Waals surface area (Å²) in [6.07, 6.45) is 0.686. The predicted octanol–water partition coefficient (Wildman–Crippen LogP) is 2.35. The van der Waals surface area contributed by atoms with Crippen molar-refractivity contribution in [3.8, 4) is 11.5 Å². The molecular formula is C56H56K2O11P2S2. The molecule has 0 fully saturated rings. The number of benzene rings is 8. The van der Waals surface area contributed by atoms with Gasteiger partial charge < -0.3 is 21.4 Å². The third kappa shape index (κ3) is 21.7. The number of carbonyl (C=O) groups is 1. The number of aryl methyl sites for hydroxylation is 2. The third-order valence-electron chi connectivity index (χ3n) is 9.95. The second kappa shape index (κ2) is 34.4. The molecule has 11 nitrogen and oxygen atoms in total. The van der Waals surface area contributed by atoms with Gasteiger partial charge in [0.15, 0.2) is 0 Å². The minimum Gasteiger partial charge on any atom is -1.00 e. The second-order valence-corrected chi connectivity index (χ2v) is 22.9. The molecule has 0 spiro atoms. The number of rotatable bonds is 17. The van der Waals surface area contributed by atoms with Crippen LogP contribution in [-0.4, -0.2) is 48.2 Å².